The van der Waals surface area contributed by atoms with Crippen molar-refractivity contribution in [3.05, 3.63) is 284 Å². The minimum atomic E-state index is 0.459. The number of fused-ring (bicyclic) bond motifs is 3. The lowest BCUT2D eigenvalue weighted by molar-refractivity contribution is 0.771. The summed E-state index contributed by atoms with van der Waals surface area (Å²) in [7, 11) is 0. The Labute approximate surface area is 416 Å². The first-order valence-electron chi connectivity index (χ1n) is 24.6. The van der Waals surface area contributed by atoms with Crippen molar-refractivity contribution in [2.75, 3.05) is 19.6 Å². The van der Waals surface area contributed by atoms with Crippen LogP contribution >= 0.6 is 0 Å². The number of allylic oxidation sites excluding steroid dienone is 1. The lowest BCUT2D eigenvalue weighted by Gasteiger charge is -2.30. The summed E-state index contributed by atoms with van der Waals surface area (Å²) in [4.78, 5) is 9.41. The lowest BCUT2D eigenvalue weighted by atomic mass is 9.88. The van der Waals surface area contributed by atoms with Gasteiger partial charge in [-0.3, -0.25) is 0 Å². The van der Waals surface area contributed by atoms with Crippen LogP contribution in [0.3, 0.4) is 0 Å². The zero-order valence-corrected chi connectivity index (χ0v) is 39.6. The molecule has 0 fully saturated rings. The number of hydrogen-bond donors (Lipinski definition) is 0. The molecule has 0 saturated carbocycles. The molecule has 0 aliphatic heterocycles. The Bertz CT molecular complexity index is 3460. The van der Waals surface area contributed by atoms with Gasteiger partial charge in [0.15, 0.2) is 0 Å². The SMILES string of the molecule is CC1CC=Cc2ccc(N(c3ccccc3)c3ccc(N(c4ccc(N(c5ccccc5)c5ccc6ccccc6c5)cc4)c4ccc(N(c5ccccc5)c5ccc6ccccc6c5)cc4)cc3)cc21. The topological polar surface area (TPSA) is 13.0 Å². The largest absolute Gasteiger partial charge is 0.310 e. The molecule has 11 aromatic rings. The Morgan fingerprint density at radius 1 is 0.268 bits per heavy atom. The molecule has 11 aromatic carbocycles. The molecule has 0 amide bonds. The number of rotatable bonds is 12. The van der Waals surface area contributed by atoms with Crippen LogP contribution < -0.4 is 19.6 Å². The average molecular weight is 913 g/mol. The van der Waals surface area contributed by atoms with Crippen molar-refractivity contribution in [1.29, 1.82) is 0 Å². The molecular weight excluding hydrogens is 861 g/mol. The number of hydrogen-bond acceptors (Lipinski definition) is 4. The highest BCUT2D eigenvalue weighted by Crippen LogP contribution is 2.44. The molecule has 0 aromatic heterocycles. The minimum Gasteiger partial charge on any atom is -0.310 e. The molecule has 1 aliphatic rings. The van der Waals surface area contributed by atoms with Gasteiger partial charge in [0.05, 0.1) is 0 Å². The standard InChI is InChI=1S/C67H52N4/c1-49-16-15-21-52-30-33-66(48-67(49)52)71(57-26-9-4-10-27-57)63-44-38-60(39-45-63)68(58-34-40-61(41-35-58)69(55-22-5-2-6-23-55)64-31-28-50-17-11-13-19-53(50)46-64)59-36-42-62(43-37-59)70(56-24-7-3-8-25-56)65-32-29-51-18-12-14-20-54(51)47-65/h2-15,17-49H,16H2,1H3. The van der Waals surface area contributed by atoms with E-state index in [2.05, 4.69) is 306 Å². The maximum atomic E-state index is 2.38. The Morgan fingerprint density at radius 3 is 0.930 bits per heavy atom. The maximum absolute atomic E-state index is 2.38. The summed E-state index contributed by atoms with van der Waals surface area (Å²) >= 11 is 0. The normalized spacial score (nSPS) is 12.9. The van der Waals surface area contributed by atoms with Crippen molar-refractivity contribution in [3.63, 3.8) is 0 Å². The van der Waals surface area contributed by atoms with E-state index in [9.17, 15) is 0 Å². The summed E-state index contributed by atoms with van der Waals surface area (Å²) in [6, 6.07) is 96.4. The number of para-hydroxylation sites is 3. The van der Waals surface area contributed by atoms with E-state index < -0.39 is 0 Å². The van der Waals surface area contributed by atoms with E-state index in [1.807, 2.05) is 0 Å². The molecule has 1 unspecified atom stereocenters. The molecule has 0 spiro atoms. The molecule has 1 atom stereocenters. The zero-order chi connectivity index (χ0) is 47.5. The van der Waals surface area contributed by atoms with Gasteiger partial charge >= 0.3 is 0 Å². The number of anilines is 12. The van der Waals surface area contributed by atoms with Gasteiger partial charge in [0, 0.05) is 68.2 Å². The lowest BCUT2D eigenvalue weighted by Crippen LogP contribution is -2.14. The first-order valence-corrected chi connectivity index (χ1v) is 24.6. The smallest absolute Gasteiger partial charge is 0.0468 e. The quantitative estimate of drug-likeness (QED) is 0.121. The van der Waals surface area contributed by atoms with Gasteiger partial charge in [0.2, 0.25) is 0 Å². The Balaban J connectivity index is 0.959. The second kappa shape index (κ2) is 19.1. The van der Waals surface area contributed by atoms with Gasteiger partial charge in [-0.15, -0.1) is 0 Å². The van der Waals surface area contributed by atoms with Gasteiger partial charge in [-0.05, 0) is 191 Å². The van der Waals surface area contributed by atoms with E-state index in [0.29, 0.717) is 5.92 Å². The van der Waals surface area contributed by atoms with Gasteiger partial charge in [0.1, 0.15) is 0 Å². The van der Waals surface area contributed by atoms with Crippen molar-refractivity contribution in [2.24, 2.45) is 0 Å². The highest BCUT2D eigenvalue weighted by atomic mass is 15.2. The van der Waals surface area contributed by atoms with Gasteiger partial charge in [0.25, 0.3) is 0 Å². The van der Waals surface area contributed by atoms with Crippen LogP contribution in [-0.4, -0.2) is 0 Å². The minimum absolute atomic E-state index is 0.459. The fourth-order valence-electron chi connectivity index (χ4n) is 10.2. The fourth-order valence-corrected chi connectivity index (χ4v) is 10.2. The van der Waals surface area contributed by atoms with Crippen LogP contribution in [0.2, 0.25) is 0 Å². The van der Waals surface area contributed by atoms with E-state index in [1.54, 1.807) is 0 Å². The Hall–Kier alpha value is -9.12. The Kier molecular flexibility index (Phi) is 11.6. The van der Waals surface area contributed by atoms with Gasteiger partial charge in [-0.25, -0.2) is 0 Å². The zero-order valence-electron chi connectivity index (χ0n) is 39.6. The van der Waals surface area contributed by atoms with Crippen LogP contribution in [0.5, 0.6) is 0 Å². The molecule has 71 heavy (non-hydrogen) atoms. The second-order valence-electron chi connectivity index (χ2n) is 18.3. The van der Waals surface area contributed by atoms with Gasteiger partial charge in [-0.1, -0.05) is 140 Å². The molecule has 340 valence electrons. The molecule has 0 bridgehead atoms. The van der Waals surface area contributed by atoms with Crippen LogP contribution in [0.15, 0.2) is 273 Å². The van der Waals surface area contributed by atoms with Crippen LogP contribution in [0, 0.1) is 0 Å². The fraction of sp³-hybridized carbons (Fsp3) is 0.0448. The van der Waals surface area contributed by atoms with Crippen molar-refractivity contribution in [2.45, 2.75) is 19.3 Å². The molecule has 12 rings (SSSR count). The Morgan fingerprint density at radius 2 is 0.549 bits per heavy atom. The summed E-state index contributed by atoms with van der Waals surface area (Å²) in [5.74, 6) is 0.459. The molecule has 0 saturated heterocycles. The van der Waals surface area contributed by atoms with Crippen molar-refractivity contribution in [3.8, 4) is 0 Å². The highest BCUT2D eigenvalue weighted by Gasteiger charge is 2.21. The summed E-state index contributed by atoms with van der Waals surface area (Å²) in [5, 5.41) is 4.85. The third-order valence-electron chi connectivity index (χ3n) is 13.8. The number of benzene rings is 11. The van der Waals surface area contributed by atoms with E-state index in [-0.39, 0.29) is 0 Å². The molecule has 4 heteroatoms. The first-order chi connectivity index (χ1) is 35.1. The average Bonchev–Trinajstić information content (AvgIpc) is 3.43. The third kappa shape index (κ3) is 8.69. The predicted octanol–water partition coefficient (Wildman–Crippen LogP) is 19.4. The molecule has 0 radical (unpaired) electrons. The van der Waals surface area contributed by atoms with Gasteiger partial charge < -0.3 is 19.6 Å². The van der Waals surface area contributed by atoms with Crippen molar-refractivity contribution < 1.29 is 0 Å². The van der Waals surface area contributed by atoms with Crippen LogP contribution in [0.1, 0.15) is 30.4 Å². The summed E-state index contributed by atoms with van der Waals surface area (Å²) in [6.45, 7) is 2.33. The number of nitrogens with zero attached hydrogens (tertiary/aromatic N) is 4. The molecule has 0 N–H and O–H groups in total. The molecule has 0 heterocycles. The predicted molar refractivity (Wildman–Crippen MR) is 302 cm³/mol. The molecule has 4 nitrogen and oxygen atoms in total. The van der Waals surface area contributed by atoms with E-state index in [1.165, 1.54) is 32.7 Å². The molecular formula is C67H52N4. The van der Waals surface area contributed by atoms with E-state index in [4.69, 9.17) is 0 Å². The van der Waals surface area contributed by atoms with Crippen molar-refractivity contribution >= 4 is 95.9 Å². The third-order valence-corrected chi connectivity index (χ3v) is 13.8. The van der Waals surface area contributed by atoms with Crippen LogP contribution in [-0.2, 0) is 0 Å². The van der Waals surface area contributed by atoms with Crippen molar-refractivity contribution in [1.82, 2.24) is 0 Å². The summed E-state index contributed by atoms with van der Waals surface area (Å²) < 4.78 is 0. The van der Waals surface area contributed by atoms with Crippen LogP contribution in [0.4, 0.5) is 68.2 Å². The van der Waals surface area contributed by atoms with E-state index >= 15 is 0 Å². The highest BCUT2D eigenvalue weighted by molar-refractivity contribution is 5.92. The maximum Gasteiger partial charge on any atom is 0.0468 e. The first kappa shape index (κ1) is 43.2. The van der Waals surface area contributed by atoms with Crippen LogP contribution in [0.25, 0.3) is 27.6 Å². The molecule has 1 aliphatic carbocycles. The summed E-state index contributed by atoms with van der Waals surface area (Å²) in [6.07, 6.45) is 5.61. The van der Waals surface area contributed by atoms with E-state index in [0.717, 1.165) is 74.7 Å². The van der Waals surface area contributed by atoms with Gasteiger partial charge in [-0.2, -0.15) is 0 Å². The summed E-state index contributed by atoms with van der Waals surface area (Å²) in [5.41, 5.74) is 15.7. The second-order valence-corrected chi connectivity index (χ2v) is 18.3. The monoisotopic (exact) mass is 912 g/mol.